The van der Waals surface area contributed by atoms with Crippen LogP contribution in [0.1, 0.15) is 16.8 Å². The van der Waals surface area contributed by atoms with Crippen LogP contribution in [-0.4, -0.2) is 62.3 Å². The molecule has 0 spiro atoms. The number of halogens is 2. The van der Waals surface area contributed by atoms with Crippen molar-refractivity contribution in [3.05, 3.63) is 71.2 Å². The zero-order valence-corrected chi connectivity index (χ0v) is 20.1. The van der Waals surface area contributed by atoms with E-state index in [1.165, 1.54) is 20.3 Å². The Morgan fingerprint density at radius 2 is 1.57 bits per heavy atom. The molecule has 1 aromatic carbocycles. The van der Waals surface area contributed by atoms with E-state index in [4.69, 9.17) is 9.47 Å². The summed E-state index contributed by atoms with van der Waals surface area (Å²) < 4.78 is 40.1. The summed E-state index contributed by atoms with van der Waals surface area (Å²) in [4.78, 5) is 13.9. The molecule has 0 N–H and O–H groups in total. The monoisotopic (exact) mass is 478 g/mol. The maximum Gasteiger partial charge on any atom is 0.171 e. The Bertz CT molecular complexity index is 1240. The molecule has 0 amide bonds. The van der Waals surface area contributed by atoms with Crippen LogP contribution in [0.15, 0.2) is 42.7 Å². The molecule has 1 saturated heterocycles. The molecule has 0 radical (unpaired) electrons. The Hall–Kier alpha value is -3.52. The van der Waals surface area contributed by atoms with Gasteiger partial charge in [0.05, 0.1) is 19.9 Å². The van der Waals surface area contributed by atoms with Gasteiger partial charge in [0, 0.05) is 79.7 Å². The van der Waals surface area contributed by atoms with Crippen LogP contribution in [0.3, 0.4) is 0 Å². The number of piperazine rings is 1. The van der Waals surface area contributed by atoms with Gasteiger partial charge in [0.2, 0.25) is 0 Å². The lowest BCUT2D eigenvalue weighted by molar-refractivity contribution is 0.312. The number of fused-ring (bicyclic) bond motifs is 1. The van der Waals surface area contributed by atoms with Crippen LogP contribution >= 0.6 is 0 Å². The van der Waals surface area contributed by atoms with Crippen molar-refractivity contribution < 1.29 is 18.3 Å². The van der Waals surface area contributed by atoms with Crippen LogP contribution in [0.2, 0.25) is 0 Å². The van der Waals surface area contributed by atoms with E-state index in [9.17, 15) is 8.78 Å². The summed E-state index contributed by atoms with van der Waals surface area (Å²) in [6, 6.07) is 7.34. The van der Waals surface area contributed by atoms with E-state index in [-0.39, 0.29) is 23.5 Å². The number of methoxy groups -OCH3 is 2. The molecular formula is C27H28F2N4O2. The van der Waals surface area contributed by atoms with E-state index in [1.807, 2.05) is 30.6 Å². The van der Waals surface area contributed by atoms with Crippen LogP contribution in [0.25, 0.3) is 16.7 Å². The highest BCUT2D eigenvalue weighted by Gasteiger charge is 2.24. The maximum atomic E-state index is 15.0. The third-order valence-corrected chi connectivity index (χ3v) is 6.80. The Morgan fingerprint density at radius 1 is 0.886 bits per heavy atom. The highest BCUT2D eigenvalue weighted by Crippen LogP contribution is 2.37. The second-order valence-electron chi connectivity index (χ2n) is 8.91. The molecule has 2 aliphatic rings. The molecule has 0 saturated carbocycles. The van der Waals surface area contributed by atoms with Crippen molar-refractivity contribution in [2.45, 2.75) is 12.8 Å². The number of allylic oxidation sites excluding steroid dienone is 2. The number of nitrogens with zero attached hydrogens (tertiary/aromatic N) is 4. The molecule has 0 unspecified atom stereocenters. The van der Waals surface area contributed by atoms with Crippen molar-refractivity contribution in [1.29, 1.82) is 0 Å². The second kappa shape index (κ2) is 9.62. The van der Waals surface area contributed by atoms with Gasteiger partial charge in [-0.25, -0.2) is 13.8 Å². The Morgan fingerprint density at radius 3 is 2.20 bits per heavy atom. The van der Waals surface area contributed by atoms with Gasteiger partial charge >= 0.3 is 0 Å². The smallest absolute Gasteiger partial charge is 0.171 e. The summed E-state index contributed by atoms with van der Waals surface area (Å²) in [5.41, 5.74) is 4.39. The summed E-state index contributed by atoms with van der Waals surface area (Å²) in [5, 5.41) is 0. The first kappa shape index (κ1) is 23.2. The van der Waals surface area contributed by atoms with Gasteiger partial charge in [-0.05, 0) is 30.8 Å². The van der Waals surface area contributed by atoms with Gasteiger partial charge < -0.3 is 19.3 Å². The molecule has 2 aromatic heterocycles. The van der Waals surface area contributed by atoms with Crippen LogP contribution in [0.4, 0.5) is 14.6 Å². The lowest BCUT2D eigenvalue weighted by Gasteiger charge is -2.33. The molecule has 1 aliphatic heterocycles. The van der Waals surface area contributed by atoms with E-state index in [0.29, 0.717) is 6.42 Å². The predicted octanol–water partition coefficient (Wildman–Crippen LogP) is 4.37. The third kappa shape index (κ3) is 4.46. The summed E-state index contributed by atoms with van der Waals surface area (Å²) in [6.07, 6.45) is 6.36. The molecule has 182 valence electrons. The number of benzene rings is 1. The fraction of sp³-hybridized carbons (Fsp3) is 0.333. The molecule has 0 atom stereocenters. The fourth-order valence-electron chi connectivity index (χ4n) is 4.65. The quantitative estimate of drug-likeness (QED) is 0.524. The molecule has 3 heterocycles. The zero-order valence-electron chi connectivity index (χ0n) is 20.1. The van der Waals surface area contributed by atoms with Crippen molar-refractivity contribution >= 4 is 11.4 Å². The van der Waals surface area contributed by atoms with E-state index >= 15 is 0 Å². The van der Waals surface area contributed by atoms with E-state index in [0.717, 1.165) is 60.0 Å². The second-order valence-corrected chi connectivity index (χ2v) is 8.91. The molecular weight excluding hydrogens is 450 g/mol. The largest absolute Gasteiger partial charge is 0.494 e. The summed E-state index contributed by atoms with van der Waals surface area (Å²) in [5.74, 6) is -0.554. The average Bonchev–Trinajstić information content (AvgIpc) is 3.29. The van der Waals surface area contributed by atoms with Gasteiger partial charge in [0.15, 0.2) is 23.1 Å². The minimum absolute atomic E-state index is 0.0459. The van der Waals surface area contributed by atoms with E-state index in [2.05, 4.69) is 32.9 Å². The number of aromatic nitrogens is 2. The van der Waals surface area contributed by atoms with Crippen molar-refractivity contribution in [1.82, 2.24) is 14.9 Å². The van der Waals surface area contributed by atoms with Crippen LogP contribution < -0.4 is 14.4 Å². The highest BCUT2D eigenvalue weighted by molar-refractivity contribution is 5.78. The molecule has 6 nitrogen and oxygen atoms in total. The number of anilines is 1. The number of pyridine rings is 2. The van der Waals surface area contributed by atoms with E-state index < -0.39 is 11.6 Å². The van der Waals surface area contributed by atoms with Crippen LogP contribution in [0, 0.1) is 11.6 Å². The molecule has 5 rings (SSSR count). The van der Waals surface area contributed by atoms with Crippen molar-refractivity contribution in [2.75, 3.05) is 52.3 Å². The Balaban J connectivity index is 1.41. The number of ether oxygens (including phenoxy) is 2. The summed E-state index contributed by atoms with van der Waals surface area (Å²) >= 11 is 0. The summed E-state index contributed by atoms with van der Waals surface area (Å²) in [6.45, 7) is 3.96. The van der Waals surface area contributed by atoms with Crippen molar-refractivity contribution in [3.8, 4) is 22.6 Å². The first-order valence-electron chi connectivity index (χ1n) is 11.7. The standard InChI is InChI=1S/C27H28F2N4O2/c1-32-8-10-33(11-9-32)25-7-5-18(15-31-25)19-13-20-17(4-6-22(20)30-16-19)12-21-26(28)23(34-2)14-24(35-3)27(21)29/h4-5,7,13-16H,6,8-12H2,1-3H3. The molecule has 8 heteroatoms. The number of hydrogen-bond donors (Lipinski definition) is 0. The van der Waals surface area contributed by atoms with Gasteiger partial charge in [0.1, 0.15) is 5.82 Å². The van der Waals surface area contributed by atoms with Crippen molar-refractivity contribution in [3.63, 3.8) is 0 Å². The lowest BCUT2D eigenvalue weighted by Crippen LogP contribution is -2.44. The van der Waals surface area contributed by atoms with Gasteiger partial charge in [-0.3, -0.25) is 4.98 Å². The third-order valence-electron chi connectivity index (χ3n) is 6.80. The Labute approximate surface area is 203 Å². The molecule has 3 aromatic rings. The number of hydrogen-bond acceptors (Lipinski definition) is 6. The zero-order chi connectivity index (χ0) is 24.5. The maximum absolute atomic E-state index is 15.0. The van der Waals surface area contributed by atoms with Gasteiger partial charge in [-0.2, -0.15) is 0 Å². The average molecular weight is 479 g/mol. The molecule has 1 aliphatic carbocycles. The molecule has 1 fully saturated rings. The SMILES string of the molecule is COc1cc(OC)c(F)c(CC2=CCc3ncc(-c4ccc(N5CCN(C)CC5)nc4)cc32)c1F. The first-order valence-corrected chi connectivity index (χ1v) is 11.7. The van der Waals surface area contributed by atoms with Crippen LogP contribution in [-0.2, 0) is 12.8 Å². The molecule has 0 bridgehead atoms. The van der Waals surface area contributed by atoms with Gasteiger partial charge in [0.25, 0.3) is 0 Å². The van der Waals surface area contributed by atoms with Crippen LogP contribution in [0.5, 0.6) is 11.5 Å². The number of likely N-dealkylation sites (N-methyl/N-ethyl adjacent to an activating group) is 1. The normalized spacial score (nSPS) is 15.7. The topological polar surface area (TPSA) is 50.7 Å². The number of rotatable bonds is 6. The first-order chi connectivity index (χ1) is 17.0. The van der Waals surface area contributed by atoms with E-state index in [1.54, 1.807) is 0 Å². The van der Waals surface area contributed by atoms with Gasteiger partial charge in [-0.1, -0.05) is 6.08 Å². The minimum atomic E-state index is -0.715. The summed E-state index contributed by atoms with van der Waals surface area (Å²) in [7, 11) is 4.83. The van der Waals surface area contributed by atoms with Gasteiger partial charge in [-0.15, -0.1) is 0 Å². The lowest BCUT2D eigenvalue weighted by atomic mass is 9.97. The predicted molar refractivity (Wildman–Crippen MR) is 132 cm³/mol. The minimum Gasteiger partial charge on any atom is -0.494 e. The van der Waals surface area contributed by atoms with Crippen molar-refractivity contribution in [2.24, 2.45) is 0 Å². The highest BCUT2D eigenvalue weighted by atomic mass is 19.1. The fourth-order valence-corrected chi connectivity index (χ4v) is 4.65. The Kier molecular flexibility index (Phi) is 6.38. The molecule has 35 heavy (non-hydrogen) atoms.